The molecule has 1 aromatic carbocycles. The SMILES string of the molecule is O=Cc1ccccc1C(Br)CBr. The first-order valence-corrected chi connectivity index (χ1v) is 5.57. The van der Waals surface area contributed by atoms with Crippen LogP contribution in [0.15, 0.2) is 24.3 Å². The molecule has 0 fully saturated rings. The minimum atomic E-state index is 0.207. The first-order chi connectivity index (χ1) is 5.79. The van der Waals surface area contributed by atoms with Gasteiger partial charge in [0.25, 0.3) is 0 Å². The molecule has 0 amide bonds. The molecule has 1 aromatic rings. The summed E-state index contributed by atoms with van der Waals surface area (Å²) in [6.45, 7) is 0. The van der Waals surface area contributed by atoms with E-state index in [9.17, 15) is 4.79 Å². The molecule has 0 radical (unpaired) electrons. The van der Waals surface area contributed by atoms with Crippen molar-refractivity contribution in [1.29, 1.82) is 0 Å². The number of rotatable bonds is 3. The van der Waals surface area contributed by atoms with Crippen LogP contribution in [0.25, 0.3) is 0 Å². The first-order valence-electron chi connectivity index (χ1n) is 3.53. The average molecular weight is 292 g/mol. The number of benzene rings is 1. The molecule has 0 heterocycles. The molecule has 0 spiro atoms. The molecule has 12 heavy (non-hydrogen) atoms. The molecule has 0 bridgehead atoms. The molecule has 0 N–H and O–H groups in total. The fourth-order valence-electron chi connectivity index (χ4n) is 0.987. The molecule has 0 aliphatic rings. The highest BCUT2D eigenvalue weighted by molar-refractivity contribution is 9.12. The summed E-state index contributed by atoms with van der Waals surface area (Å²) in [6.07, 6.45) is 0.881. The number of hydrogen-bond acceptors (Lipinski definition) is 1. The monoisotopic (exact) mass is 290 g/mol. The van der Waals surface area contributed by atoms with Gasteiger partial charge in [0.1, 0.15) is 6.29 Å². The molecule has 1 unspecified atom stereocenters. The zero-order valence-electron chi connectivity index (χ0n) is 6.34. The largest absolute Gasteiger partial charge is 0.298 e. The zero-order chi connectivity index (χ0) is 8.97. The Hall–Kier alpha value is -0.150. The lowest BCUT2D eigenvalue weighted by Gasteiger charge is -2.07. The van der Waals surface area contributed by atoms with E-state index in [1.54, 1.807) is 0 Å². The summed E-state index contributed by atoms with van der Waals surface area (Å²) in [4.78, 5) is 10.8. The second-order valence-corrected chi connectivity index (χ2v) is 4.12. The highest BCUT2D eigenvalue weighted by Crippen LogP contribution is 2.26. The van der Waals surface area contributed by atoms with Gasteiger partial charge < -0.3 is 0 Å². The van der Waals surface area contributed by atoms with Crippen LogP contribution in [-0.2, 0) is 0 Å². The van der Waals surface area contributed by atoms with Crippen molar-refractivity contribution in [2.24, 2.45) is 0 Å². The number of alkyl halides is 2. The molecule has 3 heteroatoms. The van der Waals surface area contributed by atoms with Crippen LogP contribution in [0.5, 0.6) is 0 Å². The Kier molecular flexibility index (Phi) is 3.95. The van der Waals surface area contributed by atoms with Gasteiger partial charge in [-0.25, -0.2) is 0 Å². The molecule has 0 saturated heterocycles. The van der Waals surface area contributed by atoms with Gasteiger partial charge in [-0.3, -0.25) is 4.79 Å². The van der Waals surface area contributed by atoms with Crippen molar-refractivity contribution in [2.75, 3.05) is 5.33 Å². The minimum absolute atomic E-state index is 0.207. The second-order valence-electron chi connectivity index (χ2n) is 2.37. The van der Waals surface area contributed by atoms with Crippen LogP contribution in [0.2, 0.25) is 0 Å². The Morgan fingerprint density at radius 2 is 2.08 bits per heavy atom. The van der Waals surface area contributed by atoms with Crippen LogP contribution in [0.1, 0.15) is 20.7 Å². The van der Waals surface area contributed by atoms with Crippen LogP contribution in [-0.4, -0.2) is 11.6 Å². The Bertz CT molecular complexity index is 273. The predicted molar refractivity (Wildman–Crippen MR) is 57.3 cm³/mol. The van der Waals surface area contributed by atoms with Crippen molar-refractivity contribution in [3.05, 3.63) is 35.4 Å². The number of halogens is 2. The summed E-state index contributed by atoms with van der Waals surface area (Å²) in [7, 11) is 0. The highest BCUT2D eigenvalue weighted by Gasteiger charge is 2.08. The van der Waals surface area contributed by atoms with Gasteiger partial charge in [0.15, 0.2) is 0 Å². The summed E-state index contributed by atoms with van der Waals surface area (Å²) in [6, 6.07) is 7.56. The lowest BCUT2D eigenvalue weighted by molar-refractivity contribution is 0.112. The molecule has 1 rings (SSSR count). The van der Waals surface area contributed by atoms with Crippen LogP contribution in [0, 0.1) is 0 Å². The number of aldehydes is 1. The van der Waals surface area contributed by atoms with Crippen molar-refractivity contribution in [3.63, 3.8) is 0 Å². The standard InChI is InChI=1S/C9H8Br2O/c10-5-9(11)8-4-2-1-3-7(8)6-12/h1-4,6,9H,5H2. The quantitative estimate of drug-likeness (QED) is 0.617. The maximum atomic E-state index is 10.6. The van der Waals surface area contributed by atoms with Crippen LogP contribution < -0.4 is 0 Å². The van der Waals surface area contributed by atoms with Gasteiger partial charge in [0.05, 0.1) is 0 Å². The topological polar surface area (TPSA) is 17.1 Å². The summed E-state index contributed by atoms with van der Waals surface area (Å²) in [5.41, 5.74) is 1.78. The van der Waals surface area contributed by atoms with Crippen molar-refractivity contribution in [3.8, 4) is 0 Å². The van der Waals surface area contributed by atoms with E-state index in [4.69, 9.17) is 0 Å². The highest BCUT2D eigenvalue weighted by atomic mass is 79.9. The van der Waals surface area contributed by atoms with Gasteiger partial charge in [-0.1, -0.05) is 56.1 Å². The lowest BCUT2D eigenvalue weighted by atomic mass is 10.1. The van der Waals surface area contributed by atoms with Crippen molar-refractivity contribution in [2.45, 2.75) is 4.83 Å². The van der Waals surface area contributed by atoms with Crippen molar-refractivity contribution in [1.82, 2.24) is 0 Å². The van der Waals surface area contributed by atoms with Gasteiger partial charge in [0, 0.05) is 15.7 Å². The van der Waals surface area contributed by atoms with Crippen molar-refractivity contribution >= 4 is 38.1 Å². The van der Waals surface area contributed by atoms with Crippen LogP contribution >= 0.6 is 31.9 Å². The molecule has 0 saturated carbocycles. The van der Waals surface area contributed by atoms with Gasteiger partial charge in [-0.05, 0) is 5.56 Å². The van der Waals surface area contributed by atoms with Gasteiger partial charge in [-0.15, -0.1) is 0 Å². The maximum absolute atomic E-state index is 10.6. The second kappa shape index (κ2) is 4.77. The van der Waals surface area contributed by atoms with E-state index in [1.807, 2.05) is 24.3 Å². The molecule has 0 aromatic heterocycles. The van der Waals surface area contributed by atoms with E-state index >= 15 is 0 Å². The van der Waals surface area contributed by atoms with E-state index in [1.165, 1.54) is 0 Å². The first kappa shape index (κ1) is 9.93. The summed E-state index contributed by atoms with van der Waals surface area (Å²) in [5.74, 6) is 0. The van der Waals surface area contributed by atoms with E-state index in [0.717, 1.165) is 22.7 Å². The number of carbonyl (C=O) groups is 1. The fraction of sp³-hybridized carbons (Fsp3) is 0.222. The average Bonchev–Trinajstić information content (AvgIpc) is 2.16. The van der Waals surface area contributed by atoms with Gasteiger partial charge in [-0.2, -0.15) is 0 Å². The normalized spacial score (nSPS) is 12.5. The molecular formula is C9H8Br2O. The summed E-state index contributed by atoms with van der Waals surface area (Å²) in [5, 5.41) is 0.803. The van der Waals surface area contributed by atoms with Crippen LogP contribution in [0.3, 0.4) is 0 Å². The van der Waals surface area contributed by atoms with Crippen LogP contribution in [0.4, 0.5) is 0 Å². The molecule has 1 nitrogen and oxygen atoms in total. The smallest absolute Gasteiger partial charge is 0.150 e. The maximum Gasteiger partial charge on any atom is 0.150 e. The Morgan fingerprint density at radius 3 is 2.67 bits per heavy atom. The van der Waals surface area contributed by atoms with Gasteiger partial charge in [0.2, 0.25) is 0 Å². The van der Waals surface area contributed by atoms with E-state index in [0.29, 0.717) is 0 Å². The fourth-order valence-corrected chi connectivity index (χ4v) is 1.75. The van der Waals surface area contributed by atoms with Crippen molar-refractivity contribution < 1.29 is 4.79 Å². The van der Waals surface area contributed by atoms with Gasteiger partial charge >= 0.3 is 0 Å². The Labute approximate surface area is 88.4 Å². The third-order valence-electron chi connectivity index (χ3n) is 1.60. The summed E-state index contributed by atoms with van der Waals surface area (Å²) < 4.78 is 0. The third kappa shape index (κ3) is 2.17. The molecule has 64 valence electrons. The zero-order valence-corrected chi connectivity index (χ0v) is 9.51. The third-order valence-corrected chi connectivity index (χ3v) is 3.93. The van der Waals surface area contributed by atoms with E-state index < -0.39 is 0 Å². The van der Waals surface area contributed by atoms with E-state index in [2.05, 4.69) is 31.9 Å². The number of carbonyl (C=O) groups excluding carboxylic acids is 1. The van der Waals surface area contributed by atoms with E-state index in [-0.39, 0.29) is 4.83 Å². The molecule has 0 aliphatic carbocycles. The molecular weight excluding hydrogens is 284 g/mol. The molecule has 1 atom stereocenters. The lowest BCUT2D eigenvalue weighted by Crippen LogP contribution is -1.96. The summed E-state index contributed by atoms with van der Waals surface area (Å²) >= 11 is 6.82. The Morgan fingerprint density at radius 1 is 1.42 bits per heavy atom. The number of hydrogen-bond donors (Lipinski definition) is 0. The Balaban J connectivity index is 3.04. The predicted octanol–water partition coefficient (Wildman–Crippen LogP) is 3.33. The minimum Gasteiger partial charge on any atom is -0.298 e. The molecule has 0 aliphatic heterocycles.